The molecule has 1 aliphatic rings. The Kier molecular flexibility index (Phi) is 5.20. The predicted octanol–water partition coefficient (Wildman–Crippen LogP) is 4.74. The fourth-order valence-corrected chi connectivity index (χ4v) is 12.2. The van der Waals surface area contributed by atoms with Crippen LogP contribution in [0.4, 0.5) is 0 Å². The molecule has 0 unspecified atom stereocenters. The van der Waals surface area contributed by atoms with Gasteiger partial charge in [0.1, 0.15) is 0 Å². The minimum absolute atomic E-state index is 0.101. The normalized spacial score (nSPS) is 20.0. The van der Waals surface area contributed by atoms with Crippen molar-refractivity contribution in [2.75, 3.05) is 13.2 Å². The summed E-state index contributed by atoms with van der Waals surface area (Å²) in [4.78, 5) is 0. The summed E-state index contributed by atoms with van der Waals surface area (Å²) in [6, 6.07) is 0. The van der Waals surface area contributed by atoms with Crippen LogP contribution in [0.15, 0.2) is 20.0 Å². The van der Waals surface area contributed by atoms with Crippen molar-refractivity contribution in [3.63, 3.8) is 0 Å². The number of hydrogen-bond acceptors (Lipinski definition) is 2. The van der Waals surface area contributed by atoms with Crippen molar-refractivity contribution >= 4 is 0 Å². The zero-order valence-corrected chi connectivity index (χ0v) is 15.7. The second-order valence-corrected chi connectivity index (χ2v) is 13.0. The van der Waals surface area contributed by atoms with Crippen molar-refractivity contribution in [1.82, 2.24) is 0 Å². The Balaban J connectivity index is 3.31. The molecule has 104 valence electrons. The van der Waals surface area contributed by atoms with Crippen LogP contribution in [0.2, 0.25) is 4.63 Å². The molecule has 0 N–H and O–H groups in total. The molecule has 1 rings (SSSR count). The maximum absolute atomic E-state index is 6.16. The SMILES string of the molecule is CC[O][Zr]([CH3])([O]CC)[C]1=C(C)C(C)=C(C)C1(C)C. The van der Waals surface area contributed by atoms with Crippen LogP contribution < -0.4 is 0 Å². The average molecular weight is 332 g/mol. The maximum atomic E-state index is 6.16. The standard InChI is InChI=1S/C10H15.2C2H5O.CH3.Zr/c1-7-6-10(4,5)9(3)8(7)2;2*1-2-3;;/h1-5H3;2*2H2,1H3;1H3;/q;2*-1;;+2. The molecule has 0 aromatic heterocycles. The van der Waals surface area contributed by atoms with Gasteiger partial charge in [-0.15, -0.1) is 0 Å². The number of rotatable bonds is 5. The molecule has 0 spiro atoms. The van der Waals surface area contributed by atoms with Crippen LogP contribution in [0.3, 0.4) is 0 Å². The molecule has 1 aliphatic carbocycles. The van der Waals surface area contributed by atoms with Gasteiger partial charge in [0.15, 0.2) is 0 Å². The van der Waals surface area contributed by atoms with Crippen LogP contribution in [-0.4, -0.2) is 13.2 Å². The monoisotopic (exact) mass is 330 g/mol. The van der Waals surface area contributed by atoms with Crippen molar-refractivity contribution in [2.24, 2.45) is 5.41 Å². The molecule has 0 fully saturated rings. The van der Waals surface area contributed by atoms with Crippen LogP contribution in [-0.2, 0) is 26.8 Å². The molecule has 0 radical (unpaired) electrons. The molecule has 0 amide bonds. The molecule has 3 heteroatoms. The van der Waals surface area contributed by atoms with E-state index in [0.29, 0.717) is 0 Å². The van der Waals surface area contributed by atoms with E-state index in [1.54, 1.807) is 0 Å². The van der Waals surface area contributed by atoms with E-state index in [1.165, 1.54) is 20.0 Å². The molecular weight excluding hydrogens is 303 g/mol. The summed E-state index contributed by atoms with van der Waals surface area (Å²) in [6.45, 7) is 17.0. The van der Waals surface area contributed by atoms with E-state index < -0.39 is 21.1 Å². The van der Waals surface area contributed by atoms with Gasteiger partial charge in [0.25, 0.3) is 0 Å². The molecule has 0 aliphatic heterocycles. The van der Waals surface area contributed by atoms with E-state index in [2.05, 4.69) is 53.1 Å². The van der Waals surface area contributed by atoms with Gasteiger partial charge in [-0.1, -0.05) is 0 Å². The molecule has 0 atom stereocenters. The van der Waals surface area contributed by atoms with E-state index in [-0.39, 0.29) is 5.41 Å². The fourth-order valence-electron chi connectivity index (χ4n) is 3.24. The Morgan fingerprint density at radius 1 is 0.944 bits per heavy atom. The third-order valence-electron chi connectivity index (χ3n) is 4.36. The van der Waals surface area contributed by atoms with Gasteiger partial charge >= 0.3 is 119 Å². The summed E-state index contributed by atoms with van der Waals surface area (Å²) in [6.07, 6.45) is 0. The fraction of sp³-hybridized carbons (Fsp3) is 0.733. The van der Waals surface area contributed by atoms with E-state index in [1.807, 2.05) is 0 Å². The third kappa shape index (κ3) is 2.60. The van der Waals surface area contributed by atoms with Crippen LogP contribution in [0.25, 0.3) is 0 Å². The predicted molar refractivity (Wildman–Crippen MR) is 74.0 cm³/mol. The zero-order chi connectivity index (χ0) is 14.1. The Morgan fingerprint density at radius 2 is 1.39 bits per heavy atom. The third-order valence-corrected chi connectivity index (χ3v) is 13.2. The summed E-state index contributed by atoms with van der Waals surface area (Å²) in [5, 5.41) is 0. The Morgan fingerprint density at radius 3 is 1.67 bits per heavy atom. The summed E-state index contributed by atoms with van der Waals surface area (Å²) in [5.41, 5.74) is 4.41. The first kappa shape index (κ1) is 16.3. The summed E-state index contributed by atoms with van der Waals surface area (Å²) >= 11 is -3.10. The first-order valence-corrected chi connectivity index (χ1v) is 12.6. The Bertz CT molecular complexity index is 385. The van der Waals surface area contributed by atoms with Gasteiger partial charge in [0, 0.05) is 0 Å². The molecule has 0 bridgehead atoms. The quantitative estimate of drug-likeness (QED) is 0.724. The zero-order valence-electron chi connectivity index (χ0n) is 13.2. The molecule has 0 heterocycles. The molecule has 0 aromatic rings. The summed E-state index contributed by atoms with van der Waals surface area (Å²) in [7, 11) is 0. The van der Waals surface area contributed by atoms with E-state index >= 15 is 0 Å². The van der Waals surface area contributed by atoms with Gasteiger partial charge in [-0.2, -0.15) is 0 Å². The van der Waals surface area contributed by atoms with Crippen LogP contribution >= 0.6 is 0 Å². The van der Waals surface area contributed by atoms with Gasteiger partial charge in [-0.05, 0) is 0 Å². The average Bonchev–Trinajstić information content (AvgIpc) is 2.40. The van der Waals surface area contributed by atoms with Crippen molar-refractivity contribution < 1.29 is 26.8 Å². The second kappa shape index (κ2) is 5.73. The van der Waals surface area contributed by atoms with Crippen LogP contribution in [0, 0.1) is 5.41 Å². The number of allylic oxidation sites excluding steroid dienone is 4. The molecule has 0 saturated carbocycles. The van der Waals surface area contributed by atoms with E-state index in [0.717, 1.165) is 13.2 Å². The van der Waals surface area contributed by atoms with Crippen molar-refractivity contribution in [1.29, 1.82) is 0 Å². The topological polar surface area (TPSA) is 18.5 Å². The first-order valence-electron chi connectivity index (χ1n) is 6.90. The van der Waals surface area contributed by atoms with Gasteiger partial charge in [-0.3, -0.25) is 0 Å². The molecule has 0 aromatic carbocycles. The number of hydrogen-bond donors (Lipinski definition) is 0. The molecular formula is C15H28O2Zr. The van der Waals surface area contributed by atoms with E-state index in [9.17, 15) is 0 Å². The molecule has 0 saturated heterocycles. The Labute approximate surface area is 118 Å². The minimum atomic E-state index is -3.10. The second-order valence-electron chi connectivity index (χ2n) is 5.69. The summed E-state index contributed by atoms with van der Waals surface area (Å²) < 4.78 is 16.1. The van der Waals surface area contributed by atoms with Crippen molar-refractivity contribution in [3.8, 4) is 0 Å². The van der Waals surface area contributed by atoms with Crippen LogP contribution in [0.1, 0.15) is 48.5 Å². The molecule has 18 heavy (non-hydrogen) atoms. The summed E-state index contributed by atoms with van der Waals surface area (Å²) in [5.74, 6) is 0. The van der Waals surface area contributed by atoms with Gasteiger partial charge in [-0.25, -0.2) is 0 Å². The van der Waals surface area contributed by atoms with Crippen molar-refractivity contribution in [2.45, 2.75) is 53.1 Å². The van der Waals surface area contributed by atoms with Crippen LogP contribution in [0.5, 0.6) is 0 Å². The van der Waals surface area contributed by atoms with E-state index in [4.69, 9.17) is 5.63 Å². The Hall–Kier alpha value is 0.283. The first-order chi connectivity index (χ1) is 8.22. The van der Waals surface area contributed by atoms with Gasteiger partial charge in [0.2, 0.25) is 0 Å². The molecule has 2 nitrogen and oxygen atoms in total. The van der Waals surface area contributed by atoms with Gasteiger partial charge in [0.05, 0.1) is 0 Å². The van der Waals surface area contributed by atoms with Gasteiger partial charge < -0.3 is 0 Å². The van der Waals surface area contributed by atoms with Crippen molar-refractivity contribution in [3.05, 3.63) is 20.0 Å².